The van der Waals surface area contributed by atoms with E-state index in [2.05, 4.69) is 12.2 Å². The summed E-state index contributed by atoms with van der Waals surface area (Å²) in [5.74, 6) is 1.05. The van der Waals surface area contributed by atoms with Crippen LogP contribution >= 0.6 is 0 Å². The Balaban J connectivity index is 1.47. The fourth-order valence-electron chi connectivity index (χ4n) is 3.28. The number of amides is 1. The maximum Gasteiger partial charge on any atom is 0.338 e. The van der Waals surface area contributed by atoms with E-state index in [0.717, 1.165) is 25.0 Å². The molecule has 0 unspecified atom stereocenters. The summed E-state index contributed by atoms with van der Waals surface area (Å²) in [4.78, 5) is 24.2. The van der Waals surface area contributed by atoms with E-state index in [-0.39, 0.29) is 18.6 Å². The van der Waals surface area contributed by atoms with Crippen molar-refractivity contribution in [3.8, 4) is 11.5 Å². The SMILES string of the molecule is C[C@H]1CCCC[C@H]1NC(=O)COC(=O)c1ccc(Oc2ccccc2)cc1. The third-order valence-corrected chi connectivity index (χ3v) is 4.86. The Morgan fingerprint density at radius 2 is 1.63 bits per heavy atom. The van der Waals surface area contributed by atoms with Gasteiger partial charge < -0.3 is 14.8 Å². The molecule has 2 aromatic carbocycles. The normalized spacial score (nSPS) is 19.1. The lowest BCUT2D eigenvalue weighted by atomic mass is 9.86. The van der Waals surface area contributed by atoms with Crippen LogP contribution in [0.1, 0.15) is 43.0 Å². The molecule has 1 fully saturated rings. The maximum atomic E-state index is 12.1. The van der Waals surface area contributed by atoms with Gasteiger partial charge in [-0.1, -0.05) is 38.0 Å². The van der Waals surface area contributed by atoms with Crippen LogP contribution in [0.15, 0.2) is 54.6 Å². The van der Waals surface area contributed by atoms with E-state index in [1.165, 1.54) is 6.42 Å². The lowest BCUT2D eigenvalue weighted by molar-refractivity contribution is -0.125. The number of esters is 1. The highest BCUT2D eigenvalue weighted by atomic mass is 16.5. The third-order valence-electron chi connectivity index (χ3n) is 4.86. The molecule has 0 saturated heterocycles. The van der Waals surface area contributed by atoms with Crippen LogP contribution in [-0.2, 0) is 9.53 Å². The lowest BCUT2D eigenvalue weighted by Gasteiger charge is -2.29. The molecule has 0 bridgehead atoms. The zero-order chi connectivity index (χ0) is 19.1. The van der Waals surface area contributed by atoms with Crippen molar-refractivity contribution in [2.45, 2.75) is 38.6 Å². The molecule has 0 aliphatic heterocycles. The summed E-state index contributed by atoms with van der Waals surface area (Å²) >= 11 is 0. The second-order valence-electron chi connectivity index (χ2n) is 6.95. The second kappa shape index (κ2) is 9.21. The molecular formula is C22H25NO4. The number of nitrogens with one attached hydrogen (secondary N) is 1. The van der Waals surface area contributed by atoms with Gasteiger partial charge in [-0.15, -0.1) is 0 Å². The molecule has 5 nitrogen and oxygen atoms in total. The summed E-state index contributed by atoms with van der Waals surface area (Å²) in [6, 6.07) is 16.2. The van der Waals surface area contributed by atoms with E-state index in [1.54, 1.807) is 24.3 Å². The minimum atomic E-state index is -0.520. The minimum Gasteiger partial charge on any atom is -0.457 e. The summed E-state index contributed by atoms with van der Waals surface area (Å²) in [5.41, 5.74) is 0.384. The van der Waals surface area contributed by atoms with Crippen LogP contribution in [0.25, 0.3) is 0 Å². The Morgan fingerprint density at radius 1 is 0.963 bits per heavy atom. The molecule has 1 aliphatic carbocycles. The first-order chi connectivity index (χ1) is 13.1. The van der Waals surface area contributed by atoms with Gasteiger partial charge in [0, 0.05) is 6.04 Å². The topological polar surface area (TPSA) is 64.6 Å². The number of carbonyl (C=O) groups excluding carboxylic acids is 2. The molecule has 0 aromatic heterocycles. The molecule has 3 rings (SSSR count). The molecule has 5 heteroatoms. The molecule has 2 atom stereocenters. The van der Waals surface area contributed by atoms with Gasteiger partial charge in [0.1, 0.15) is 11.5 Å². The second-order valence-corrected chi connectivity index (χ2v) is 6.95. The summed E-state index contributed by atoms with van der Waals surface area (Å²) < 4.78 is 10.8. The van der Waals surface area contributed by atoms with Gasteiger partial charge in [0.15, 0.2) is 6.61 Å². The van der Waals surface area contributed by atoms with E-state index in [1.807, 2.05) is 30.3 Å². The van der Waals surface area contributed by atoms with Crippen molar-refractivity contribution in [2.24, 2.45) is 5.92 Å². The number of rotatable bonds is 6. The predicted molar refractivity (Wildman–Crippen MR) is 103 cm³/mol. The van der Waals surface area contributed by atoms with Crippen molar-refractivity contribution in [1.29, 1.82) is 0 Å². The number of carbonyl (C=O) groups is 2. The van der Waals surface area contributed by atoms with E-state index >= 15 is 0 Å². The Bertz CT molecular complexity index is 758. The zero-order valence-corrected chi connectivity index (χ0v) is 15.5. The quantitative estimate of drug-likeness (QED) is 0.772. The highest BCUT2D eigenvalue weighted by Gasteiger charge is 2.23. The number of para-hydroxylation sites is 1. The third kappa shape index (κ3) is 5.58. The van der Waals surface area contributed by atoms with Gasteiger partial charge >= 0.3 is 5.97 Å². The maximum absolute atomic E-state index is 12.1. The van der Waals surface area contributed by atoms with E-state index in [9.17, 15) is 9.59 Å². The largest absolute Gasteiger partial charge is 0.457 e. The number of hydrogen-bond acceptors (Lipinski definition) is 4. The zero-order valence-electron chi connectivity index (χ0n) is 15.5. The van der Waals surface area contributed by atoms with Crippen molar-refractivity contribution >= 4 is 11.9 Å². The van der Waals surface area contributed by atoms with Gasteiger partial charge in [0.2, 0.25) is 0 Å². The first-order valence-corrected chi connectivity index (χ1v) is 9.41. The van der Waals surface area contributed by atoms with Gasteiger partial charge in [-0.2, -0.15) is 0 Å². The fourth-order valence-corrected chi connectivity index (χ4v) is 3.28. The summed E-state index contributed by atoms with van der Waals surface area (Å²) in [6.45, 7) is 1.89. The van der Waals surface area contributed by atoms with Crippen LogP contribution in [0, 0.1) is 5.92 Å². The van der Waals surface area contributed by atoms with Crippen LogP contribution in [0.2, 0.25) is 0 Å². The summed E-state index contributed by atoms with van der Waals surface area (Å²) in [7, 11) is 0. The fraction of sp³-hybridized carbons (Fsp3) is 0.364. The van der Waals surface area contributed by atoms with Crippen molar-refractivity contribution in [3.05, 3.63) is 60.2 Å². The van der Waals surface area contributed by atoms with Crippen LogP contribution in [0.4, 0.5) is 0 Å². The molecule has 0 spiro atoms. The molecule has 142 valence electrons. The van der Waals surface area contributed by atoms with Crippen LogP contribution in [0.3, 0.4) is 0 Å². The first kappa shape index (κ1) is 19.0. The molecule has 0 radical (unpaired) electrons. The van der Waals surface area contributed by atoms with E-state index in [4.69, 9.17) is 9.47 Å². The molecular weight excluding hydrogens is 342 g/mol. The predicted octanol–water partition coefficient (Wildman–Crippen LogP) is 4.33. The van der Waals surface area contributed by atoms with Crippen molar-refractivity contribution in [2.75, 3.05) is 6.61 Å². The van der Waals surface area contributed by atoms with Gasteiger partial charge in [-0.25, -0.2) is 4.79 Å². The number of hydrogen-bond donors (Lipinski definition) is 1. The molecule has 0 heterocycles. The van der Waals surface area contributed by atoms with Crippen molar-refractivity contribution < 1.29 is 19.1 Å². The molecule has 1 saturated carbocycles. The Hall–Kier alpha value is -2.82. The minimum absolute atomic E-state index is 0.180. The van der Waals surface area contributed by atoms with Gasteiger partial charge in [0.25, 0.3) is 5.91 Å². The molecule has 27 heavy (non-hydrogen) atoms. The van der Waals surface area contributed by atoms with Gasteiger partial charge in [-0.3, -0.25) is 4.79 Å². The van der Waals surface area contributed by atoms with E-state index < -0.39 is 5.97 Å². The lowest BCUT2D eigenvalue weighted by Crippen LogP contribution is -2.42. The average Bonchev–Trinajstić information content (AvgIpc) is 2.69. The van der Waals surface area contributed by atoms with Gasteiger partial charge in [-0.05, 0) is 55.2 Å². The Labute approximate surface area is 159 Å². The number of ether oxygens (including phenoxy) is 2. The van der Waals surface area contributed by atoms with Crippen molar-refractivity contribution in [3.63, 3.8) is 0 Å². The van der Waals surface area contributed by atoms with Crippen molar-refractivity contribution in [1.82, 2.24) is 5.32 Å². The highest BCUT2D eigenvalue weighted by molar-refractivity contribution is 5.91. The number of benzene rings is 2. The summed E-state index contributed by atoms with van der Waals surface area (Å²) in [5, 5.41) is 2.98. The Kier molecular flexibility index (Phi) is 6.47. The molecule has 1 N–H and O–H groups in total. The monoisotopic (exact) mass is 367 g/mol. The van der Waals surface area contributed by atoms with Crippen LogP contribution in [0.5, 0.6) is 11.5 Å². The van der Waals surface area contributed by atoms with E-state index in [0.29, 0.717) is 17.2 Å². The Morgan fingerprint density at radius 3 is 2.33 bits per heavy atom. The standard InChI is InChI=1S/C22H25NO4/c1-16-7-5-6-10-20(16)23-21(24)15-26-22(25)17-11-13-19(14-12-17)27-18-8-3-2-4-9-18/h2-4,8-9,11-14,16,20H,5-7,10,15H2,1H3,(H,23,24)/t16-,20+/m0/s1. The van der Waals surface area contributed by atoms with Crippen LogP contribution < -0.4 is 10.1 Å². The summed E-state index contributed by atoms with van der Waals surface area (Å²) in [6.07, 6.45) is 4.46. The average molecular weight is 367 g/mol. The van der Waals surface area contributed by atoms with Gasteiger partial charge in [0.05, 0.1) is 5.56 Å². The molecule has 1 aliphatic rings. The molecule has 1 amide bonds. The van der Waals surface area contributed by atoms with Crippen LogP contribution in [-0.4, -0.2) is 24.5 Å². The molecule has 2 aromatic rings. The highest BCUT2D eigenvalue weighted by Crippen LogP contribution is 2.24. The first-order valence-electron chi connectivity index (χ1n) is 9.41. The smallest absolute Gasteiger partial charge is 0.338 e.